The summed E-state index contributed by atoms with van der Waals surface area (Å²) in [5.74, 6) is 0. The van der Waals surface area contributed by atoms with E-state index in [1.54, 1.807) is 0 Å². The Hall–Kier alpha value is -0.570. The zero-order valence-corrected chi connectivity index (χ0v) is 7.87. The van der Waals surface area contributed by atoms with E-state index in [0.717, 1.165) is 24.6 Å². The van der Waals surface area contributed by atoms with Gasteiger partial charge in [0.05, 0.1) is 0 Å². The summed E-state index contributed by atoms with van der Waals surface area (Å²) >= 11 is 5.10. The van der Waals surface area contributed by atoms with Crippen LogP contribution in [0.2, 0.25) is 0 Å². The molecule has 1 aliphatic rings. The lowest BCUT2D eigenvalue weighted by atomic mass is 10.1. The van der Waals surface area contributed by atoms with Gasteiger partial charge in [-0.05, 0) is 25.6 Å². The summed E-state index contributed by atoms with van der Waals surface area (Å²) in [5, 5.41) is 3.83. The first-order chi connectivity index (χ1) is 5.24. The molecule has 2 nitrogen and oxygen atoms in total. The highest BCUT2D eigenvalue weighted by molar-refractivity contribution is 7.80. The highest BCUT2D eigenvalue weighted by atomic mass is 32.1. The van der Waals surface area contributed by atoms with E-state index in [1.807, 2.05) is 7.05 Å². The van der Waals surface area contributed by atoms with Crippen molar-refractivity contribution in [3.8, 4) is 0 Å². The Balaban J connectivity index is 2.47. The maximum absolute atomic E-state index is 5.10. The molecular weight excluding hydrogens is 156 g/mol. The highest BCUT2D eigenvalue weighted by Crippen LogP contribution is 2.08. The van der Waals surface area contributed by atoms with Gasteiger partial charge in [0.2, 0.25) is 0 Å². The molecule has 0 fully saturated rings. The Labute approximate surface area is 73.3 Å². The molecule has 0 aromatic heterocycles. The fourth-order valence-electron chi connectivity index (χ4n) is 1.11. The Bertz CT molecular complexity index is 187. The van der Waals surface area contributed by atoms with Gasteiger partial charge in [0.1, 0.15) is 0 Å². The van der Waals surface area contributed by atoms with E-state index in [2.05, 4.69) is 23.2 Å². The first-order valence-corrected chi connectivity index (χ1v) is 4.27. The molecule has 0 aromatic carbocycles. The third kappa shape index (κ3) is 2.19. The summed E-state index contributed by atoms with van der Waals surface area (Å²) in [5.41, 5.74) is 1.47. The van der Waals surface area contributed by atoms with Crippen LogP contribution in [0.15, 0.2) is 11.6 Å². The molecule has 62 valence electrons. The zero-order valence-electron chi connectivity index (χ0n) is 7.05. The average Bonchev–Trinajstić information content (AvgIpc) is 2.05. The molecular formula is C8H14N2S. The average molecular weight is 170 g/mol. The molecule has 0 spiro atoms. The first-order valence-electron chi connectivity index (χ1n) is 3.86. The van der Waals surface area contributed by atoms with Crippen LogP contribution in [0.1, 0.15) is 13.3 Å². The van der Waals surface area contributed by atoms with Crippen LogP contribution in [-0.4, -0.2) is 30.1 Å². The quantitative estimate of drug-likeness (QED) is 0.433. The summed E-state index contributed by atoms with van der Waals surface area (Å²) in [6, 6.07) is 0. The van der Waals surface area contributed by atoms with Gasteiger partial charge in [0.25, 0.3) is 0 Å². The van der Waals surface area contributed by atoms with Crippen LogP contribution in [0, 0.1) is 0 Å². The number of thiocarbonyl (C=S) groups is 1. The van der Waals surface area contributed by atoms with Crippen LogP contribution >= 0.6 is 12.2 Å². The molecule has 0 bridgehead atoms. The van der Waals surface area contributed by atoms with Crippen molar-refractivity contribution in [1.29, 1.82) is 0 Å². The van der Waals surface area contributed by atoms with Gasteiger partial charge in [-0.1, -0.05) is 11.6 Å². The number of nitrogens with zero attached hydrogens (tertiary/aromatic N) is 1. The van der Waals surface area contributed by atoms with E-state index in [4.69, 9.17) is 12.2 Å². The molecule has 1 N–H and O–H groups in total. The van der Waals surface area contributed by atoms with Crippen molar-refractivity contribution in [3.63, 3.8) is 0 Å². The maximum atomic E-state index is 5.10. The van der Waals surface area contributed by atoms with Crippen LogP contribution < -0.4 is 5.32 Å². The molecule has 0 atom stereocenters. The van der Waals surface area contributed by atoms with Crippen molar-refractivity contribution >= 4 is 17.3 Å². The van der Waals surface area contributed by atoms with E-state index < -0.39 is 0 Å². The van der Waals surface area contributed by atoms with E-state index in [9.17, 15) is 0 Å². The lowest BCUT2D eigenvalue weighted by molar-refractivity contribution is 0.441. The van der Waals surface area contributed by atoms with Crippen LogP contribution in [0.5, 0.6) is 0 Å². The van der Waals surface area contributed by atoms with Gasteiger partial charge >= 0.3 is 0 Å². The largest absolute Gasteiger partial charge is 0.366 e. The van der Waals surface area contributed by atoms with E-state index in [0.29, 0.717) is 0 Å². The van der Waals surface area contributed by atoms with Gasteiger partial charge < -0.3 is 10.2 Å². The van der Waals surface area contributed by atoms with Crippen molar-refractivity contribution in [1.82, 2.24) is 10.2 Å². The fourth-order valence-corrected chi connectivity index (χ4v) is 1.28. The summed E-state index contributed by atoms with van der Waals surface area (Å²) in [6.07, 6.45) is 3.37. The number of nitrogens with one attached hydrogen (secondary N) is 1. The topological polar surface area (TPSA) is 15.3 Å². The summed E-state index contributed by atoms with van der Waals surface area (Å²) in [6.45, 7) is 4.19. The van der Waals surface area contributed by atoms with Crippen LogP contribution in [0.4, 0.5) is 0 Å². The van der Waals surface area contributed by atoms with E-state index in [-0.39, 0.29) is 0 Å². The monoisotopic (exact) mass is 170 g/mol. The fraction of sp³-hybridized carbons (Fsp3) is 0.625. The minimum Gasteiger partial charge on any atom is -0.366 e. The second-order valence-corrected chi connectivity index (χ2v) is 3.19. The van der Waals surface area contributed by atoms with Crippen molar-refractivity contribution in [2.45, 2.75) is 13.3 Å². The van der Waals surface area contributed by atoms with Gasteiger partial charge in [-0.15, -0.1) is 0 Å². The molecule has 1 rings (SSSR count). The summed E-state index contributed by atoms with van der Waals surface area (Å²) in [4.78, 5) is 2.17. The minimum absolute atomic E-state index is 0.855. The van der Waals surface area contributed by atoms with Gasteiger partial charge in [-0.3, -0.25) is 0 Å². The molecule has 0 amide bonds. The van der Waals surface area contributed by atoms with Gasteiger partial charge in [-0.25, -0.2) is 0 Å². The van der Waals surface area contributed by atoms with Crippen molar-refractivity contribution in [2.24, 2.45) is 0 Å². The summed E-state index contributed by atoms with van der Waals surface area (Å²) < 4.78 is 0. The summed E-state index contributed by atoms with van der Waals surface area (Å²) in [7, 11) is 1.87. The van der Waals surface area contributed by atoms with Crippen molar-refractivity contribution < 1.29 is 0 Å². The van der Waals surface area contributed by atoms with Crippen molar-refractivity contribution in [2.75, 3.05) is 20.1 Å². The highest BCUT2D eigenvalue weighted by Gasteiger charge is 2.10. The Morgan fingerprint density at radius 2 is 2.45 bits per heavy atom. The third-order valence-electron chi connectivity index (χ3n) is 1.94. The lowest BCUT2D eigenvalue weighted by Crippen LogP contribution is -2.40. The van der Waals surface area contributed by atoms with Crippen molar-refractivity contribution in [3.05, 3.63) is 11.6 Å². The zero-order chi connectivity index (χ0) is 8.27. The molecule has 1 heterocycles. The molecule has 11 heavy (non-hydrogen) atoms. The Morgan fingerprint density at radius 1 is 1.73 bits per heavy atom. The second-order valence-electron chi connectivity index (χ2n) is 2.80. The molecule has 0 aromatic rings. The molecule has 0 saturated heterocycles. The predicted molar refractivity (Wildman–Crippen MR) is 51.6 cm³/mol. The SMILES string of the molecule is CNC(=S)N1CC=C(C)CC1. The first kappa shape index (κ1) is 8.53. The Kier molecular flexibility index (Phi) is 2.88. The van der Waals surface area contributed by atoms with Gasteiger partial charge in [0, 0.05) is 20.1 Å². The lowest BCUT2D eigenvalue weighted by Gasteiger charge is -2.27. The molecule has 0 aliphatic carbocycles. The normalized spacial score (nSPS) is 17.6. The van der Waals surface area contributed by atoms with E-state index in [1.165, 1.54) is 5.57 Å². The number of hydrogen-bond donors (Lipinski definition) is 1. The number of hydrogen-bond acceptors (Lipinski definition) is 1. The number of rotatable bonds is 0. The second kappa shape index (κ2) is 3.72. The van der Waals surface area contributed by atoms with Crippen LogP contribution in [0.3, 0.4) is 0 Å². The molecule has 3 heteroatoms. The molecule has 0 saturated carbocycles. The van der Waals surface area contributed by atoms with Gasteiger partial charge in [-0.2, -0.15) is 0 Å². The predicted octanol–water partition coefficient (Wildman–Crippen LogP) is 1.14. The van der Waals surface area contributed by atoms with Crippen LogP contribution in [-0.2, 0) is 0 Å². The third-order valence-corrected chi connectivity index (χ3v) is 2.40. The molecule has 0 unspecified atom stereocenters. The standard InChI is InChI=1S/C8H14N2S/c1-7-3-5-10(6-4-7)8(11)9-2/h3H,4-6H2,1-2H3,(H,9,11). The molecule has 0 radical (unpaired) electrons. The Morgan fingerprint density at radius 3 is 2.91 bits per heavy atom. The minimum atomic E-state index is 0.855. The maximum Gasteiger partial charge on any atom is 0.168 e. The smallest absolute Gasteiger partial charge is 0.168 e. The van der Waals surface area contributed by atoms with Crippen LogP contribution in [0.25, 0.3) is 0 Å². The molecule has 1 aliphatic heterocycles. The van der Waals surface area contributed by atoms with Gasteiger partial charge in [0.15, 0.2) is 5.11 Å². The van der Waals surface area contributed by atoms with E-state index >= 15 is 0 Å².